The van der Waals surface area contributed by atoms with Crippen LogP contribution in [0, 0.1) is 22.0 Å². The van der Waals surface area contributed by atoms with Crippen LogP contribution >= 0.6 is 0 Å². The van der Waals surface area contributed by atoms with E-state index in [2.05, 4.69) is 0 Å². The third-order valence-corrected chi connectivity index (χ3v) is 8.40. The molecule has 0 spiro atoms. The average molecular weight is 530 g/mol. The van der Waals surface area contributed by atoms with E-state index in [0.29, 0.717) is 0 Å². The van der Waals surface area contributed by atoms with Crippen LogP contribution in [0.25, 0.3) is 0 Å². The van der Waals surface area contributed by atoms with Gasteiger partial charge in [0.05, 0.1) is 23.3 Å². The lowest BCUT2D eigenvalue weighted by Gasteiger charge is -2.45. The lowest BCUT2D eigenvalue weighted by atomic mass is 9.55. The van der Waals surface area contributed by atoms with Crippen LogP contribution in [0.4, 0.5) is 5.69 Å². The molecule has 0 saturated carbocycles. The predicted molar refractivity (Wildman–Crippen MR) is 145 cm³/mol. The second-order valence-electron chi connectivity index (χ2n) is 10.4. The fourth-order valence-electron chi connectivity index (χ4n) is 6.76. The van der Waals surface area contributed by atoms with E-state index in [1.807, 2.05) is 78.9 Å². The summed E-state index contributed by atoms with van der Waals surface area (Å²) in [6.45, 7) is -0.0111. The summed E-state index contributed by atoms with van der Waals surface area (Å²) in [7, 11) is 0. The molecule has 0 unspecified atom stereocenters. The Morgan fingerprint density at radius 1 is 0.700 bits per heavy atom. The minimum Gasteiger partial charge on any atom is -0.272 e. The predicted octanol–water partition coefficient (Wildman–Crippen LogP) is 5.04. The molecular weight excluding hydrogens is 506 g/mol. The van der Waals surface area contributed by atoms with Gasteiger partial charge in [-0.15, -0.1) is 0 Å². The zero-order chi connectivity index (χ0) is 27.5. The summed E-state index contributed by atoms with van der Waals surface area (Å²) in [5, 5.41) is 13.4. The molecule has 4 aliphatic rings. The second-order valence-corrected chi connectivity index (χ2v) is 10.4. The van der Waals surface area contributed by atoms with Crippen molar-refractivity contribution in [3.63, 3.8) is 0 Å². The molecule has 1 aliphatic heterocycles. The van der Waals surface area contributed by atoms with Gasteiger partial charge in [-0.2, -0.15) is 5.01 Å². The molecule has 196 valence electrons. The topological polar surface area (TPSA) is 101 Å². The molecule has 2 bridgehead atoms. The Morgan fingerprint density at radius 3 is 1.60 bits per heavy atom. The molecule has 1 saturated heterocycles. The molecule has 3 amide bonds. The van der Waals surface area contributed by atoms with E-state index in [-0.39, 0.29) is 29.6 Å². The first-order chi connectivity index (χ1) is 19.5. The van der Waals surface area contributed by atoms with Crippen molar-refractivity contribution in [2.75, 3.05) is 0 Å². The first-order valence-corrected chi connectivity index (χ1v) is 13.1. The standard InChI is InChI=1S/C32H23N3O5/c36-30(20-14-16-21(17-15-20)35(39)40)33(18-19-8-2-1-3-9-19)34-31(37)28-26-22-10-4-5-11-23(22)27(29(28)32(34)38)25-13-7-6-12-24(25)26/h1-17,26-29H,18H2/t26?,27?,28-,29+. The van der Waals surface area contributed by atoms with Crippen LogP contribution in [0.3, 0.4) is 0 Å². The summed E-state index contributed by atoms with van der Waals surface area (Å²) in [5.74, 6) is -3.24. The fourth-order valence-corrected chi connectivity index (χ4v) is 6.76. The number of rotatable bonds is 5. The zero-order valence-corrected chi connectivity index (χ0v) is 21.2. The highest BCUT2D eigenvalue weighted by molar-refractivity contribution is 6.09. The maximum atomic E-state index is 14.3. The van der Waals surface area contributed by atoms with Crippen molar-refractivity contribution in [3.8, 4) is 0 Å². The molecule has 4 aromatic carbocycles. The summed E-state index contributed by atoms with van der Waals surface area (Å²) in [6, 6.07) is 30.3. The Labute approximate surface area is 229 Å². The van der Waals surface area contributed by atoms with Crippen LogP contribution in [0.15, 0.2) is 103 Å². The minimum absolute atomic E-state index is 0.0111. The Morgan fingerprint density at radius 2 is 1.15 bits per heavy atom. The van der Waals surface area contributed by atoms with Gasteiger partial charge in [0.25, 0.3) is 23.4 Å². The molecule has 8 nitrogen and oxygen atoms in total. The molecule has 40 heavy (non-hydrogen) atoms. The highest BCUT2D eigenvalue weighted by Gasteiger charge is 2.63. The second kappa shape index (κ2) is 8.98. The quantitative estimate of drug-likeness (QED) is 0.205. The normalized spacial score (nSPS) is 21.9. The van der Waals surface area contributed by atoms with Crippen LogP contribution in [0.2, 0.25) is 0 Å². The van der Waals surface area contributed by atoms with Gasteiger partial charge in [0, 0.05) is 29.5 Å². The van der Waals surface area contributed by atoms with E-state index < -0.39 is 34.5 Å². The van der Waals surface area contributed by atoms with Gasteiger partial charge in [-0.3, -0.25) is 24.5 Å². The van der Waals surface area contributed by atoms with Crippen molar-refractivity contribution >= 4 is 23.4 Å². The molecule has 0 aromatic heterocycles. The Hall–Kier alpha value is -5.11. The number of hydrazine groups is 1. The van der Waals surface area contributed by atoms with Crippen molar-refractivity contribution in [2.24, 2.45) is 11.8 Å². The largest absolute Gasteiger partial charge is 0.273 e. The first-order valence-electron chi connectivity index (χ1n) is 13.1. The van der Waals surface area contributed by atoms with E-state index >= 15 is 0 Å². The number of imide groups is 1. The zero-order valence-electron chi connectivity index (χ0n) is 21.2. The number of hydrogen-bond donors (Lipinski definition) is 0. The monoisotopic (exact) mass is 529 g/mol. The summed E-state index contributed by atoms with van der Waals surface area (Å²) in [6.07, 6.45) is 0. The molecule has 0 radical (unpaired) electrons. The minimum atomic E-state index is -0.634. The van der Waals surface area contributed by atoms with Crippen molar-refractivity contribution in [3.05, 3.63) is 147 Å². The highest BCUT2D eigenvalue weighted by Crippen LogP contribution is 2.61. The van der Waals surface area contributed by atoms with Crippen molar-refractivity contribution in [2.45, 2.75) is 18.4 Å². The fraction of sp³-hybridized carbons (Fsp3) is 0.156. The molecule has 2 atom stereocenters. The van der Waals surface area contributed by atoms with Gasteiger partial charge < -0.3 is 0 Å². The SMILES string of the molecule is O=C(c1ccc([N+](=O)[O-])cc1)N(Cc1ccccc1)N1C(=O)[C@@H]2C3c4ccccc4C(c4ccccc43)[C@@H]2C1=O. The lowest BCUT2D eigenvalue weighted by molar-refractivity contribution is -0.384. The van der Waals surface area contributed by atoms with Crippen LogP contribution in [0.5, 0.6) is 0 Å². The number of carbonyl (C=O) groups is 3. The van der Waals surface area contributed by atoms with E-state index in [1.54, 1.807) is 0 Å². The summed E-state index contributed by atoms with van der Waals surface area (Å²) in [5.41, 5.74) is 4.92. The number of benzene rings is 4. The van der Waals surface area contributed by atoms with Crippen molar-refractivity contribution < 1.29 is 19.3 Å². The van der Waals surface area contributed by atoms with Crippen LogP contribution < -0.4 is 0 Å². The van der Waals surface area contributed by atoms with E-state index in [4.69, 9.17) is 0 Å². The summed E-state index contributed by atoms with van der Waals surface area (Å²) >= 11 is 0. The van der Waals surface area contributed by atoms with Gasteiger partial charge in [0.15, 0.2) is 0 Å². The van der Waals surface area contributed by atoms with Crippen LogP contribution in [0.1, 0.15) is 50.0 Å². The average Bonchev–Trinajstić information content (AvgIpc) is 3.26. The Balaban J connectivity index is 1.33. The maximum Gasteiger partial charge on any atom is 0.273 e. The van der Waals surface area contributed by atoms with Gasteiger partial charge >= 0.3 is 0 Å². The molecule has 3 aliphatic carbocycles. The van der Waals surface area contributed by atoms with E-state index in [0.717, 1.165) is 32.8 Å². The van der Waals surface area contributed by atoms with Crippen LogP contribution in [-0.2, 0) is 16.1 Å². The highest BCUT2D eigenvalue weighted by atomic mass is 16.6. The van der Waals surface area contributed by atoms with Gasteiger partial charge in [0.2, 0.25) is 0 Å². The molecule has 1 heterocycles. The Kier molecular flexibility index (Phi) is 5.38. The third-order valence-electron chi connectivity index (χ3n) is 8.40. The number of carbonyl (C=O) groups excluding carboxylic acids is 3. The van der Waals surface area contributed by atoms with E-state index in [1.165, 1.54) is 29.3 Å². The van der Waals surface area contributed by atoms with E-state index in [9.17, 15) is 24.5 Å². The number of non-ortho nitro benzene ring substituents is 1. The third kappa shape index (κ3) is 3.42. The molecule has 1 fully saturated rings. The first kappa shape index (κ1) is 24.0. The number of nitrogens with zero attached hydrogens (tertiary/aromatic N) is 3. The number of hydrogen-bond acceptors (Lipinski definition) is 5. The number of amides is 3. The van der Waals surface area contributed by atoms with Gasteiger partial charge in [-0.25, -0.2) is 5.01 Å². The number of nitro benzene ring substituents is 1. The molecule has 8 heteroatoms. The molecule has 4 aromatic rings. The van der Waals surface area contributed by atoms with Gasteiger partial charge in [-0.1, -0.05) is 78.9 Å². The molecule has 0 N–H and O–H groups in total. The lowest BCUT2D eigenvalue weighted by Crippen LogP contribution is -2.50. The summed E-state index contributed by atoms with van der Waals surface area (Å²) < 4.78 is 0. The summed E-state index contributed by atoms with van der Waals surface area (Å²) in [4.78, 5) is 53.1. The van der Waals surface area contributed by atoms with Gasteiger partial charge in [-0.05, 0) is 39.9 Å². The van der Waals surface area contributed by atoms with Crippen molar-refractivity contribution in [1.82, 2.24) is 10.0 Å². The number of nitro groups is 1. The van der Waals surface area contributed by atoms with Crippen molar-refractivity contribution in [1.29, 1.82) is 0 Å². The Bertz CT molecular complexity index is 1590. The van der Waals surface area contributed by atoms with Crippen LogP contribution in [-0.4, -0.2) is 32.7 Å². The van der Waals surface area contributed by atoms with Gasteiger partial charge in [0.1, 0.15) is 0 Å². The molecule has 8 rings (SSSR count). The smallest absolute Gasteiger partial charge is 0.272 e. The molecular formula is C32H23N3O5. The maximum absolute atomic E-state index is 14.3.